The second kappa shape index (κ2) is 9.19. The molecule has 0 aromatic heterocycles. The molecule has 140 valence electrons. The molecule has 1 aliphatic rings. The molecule has 0 unspecified atom stereocenters. The first-order valence-electron chi connectivity index (χ1n) is 9.13. The molecule has 0 spiro atoms. The number of benzene rings is 2. The van der Waals surface area contributed by atoms with Crippen LogP contribution in [0.3, 0.4) is 0 Å². The maximum absolute atomic E-state index is 11.4. The van der Waals surface area contributed by atoms with Gasteiger partial charge in [-0.15, -0.1) is 13.2 Å². The Morgan fingerprint density at radius 3 is 2.52 bits per heavy atom. The average molecular weight is 363 g/mol. The molecule has 0 saturated carbocycles. The predicted octanol–water partition coefficient (Wildman–Crippen LogP) is 4.30. The van der Waals surface area contributed by atoms with Gasteiger partial charge in [-0.25, -0.2) is 0 Å². The van der Waals surface area contributed by atoms with Gasteiger partial charge in [-0.05, 0) is 18.2 Å². The summed E-state index contributed by atoms with van der Waals surface area (Å²) in [6.07, 6.45) is 4.41. The van der Waals surface area contributed by atoms with Crippen LogP contribution in [0, 0.1) is 5.92 Å². The van der Waals surface area contributed by atoms with E-state index in [4.69, 9.17) is 9.47 Å². The molecule has 27 heavy (non-hydrogen) atoms. The van der Waals surface area contributed by atoms with Crippen LogP contribution in [0.15, 0.2) is 73.8 Å². The van der Waals surface area contributed by atoms with E-state index >= 15 is 0 Å². The van der Waals surface area contributed by atoms with Crippen LogP contribution >= 0.6 is 0 Å². The van der Waals surface area contributed by atoms with Crippen molar-refractivity contribution in [2.24, 2.45) is 5.92 Å². The van der Waals surface area contributed by atoms with Gasteiger partial charge in [0.15, 0.2) is 6.29 Å². The van der Waals surface area contributed by atoms with Gasteiger partial charge in [0.25, 0.3) is 0 Å². The molecule has 1 aliphatic heterocycles. The topological polar surface area (TPSA) is 38.8 Å². The lowest BCUT2D eigenvalue weighted by molar-refractivity contribution is 0.0489. The zero-order valence-corrected chi connectivity index (χ0v) is 15.4. The minimum Gasteiger partial charge on any atom is -0.493 e. The first-order chi connectivity index (χ1) is 13.3. The molecule has 2 atom stereocenters. The number of hydrogen-bond acceptors (Lipinski definition) is 4. The average Bonchev–Trinajstić information content (AvgIpc) is 2.70. The van der Waals surface area contributed by atoms with Crippen molar-refractivity contribution in [1.82, 2.24) is 4.90 Å². The second-order valence-electron chi connectivity index (χ2n) is 6.60. The van der Waals surface area contributed by atoms with Crippen LogP contribution in [0.5, 0.6) is 11.5 Å². The Kier molecular flexibility index (Phi) is 6.44. The van der Waals surface area contributed by atoms with Gasteiger partial charge in [-0.1, -0.05) is 42.5 Å². The van der Waals surface area contributed by atoms with E-state index < -0.39 is 0 Å². The fourth-order valence-corrected chi connectivity index (χ4v) is 3.44. The van der Waals surface area contributed by atoms with Crippen molar-refractivity contribution in [3.63, 3.8) is 0 Å². The highest BCUT2D eigenvalue weighted by Crippen LogP contribution is 2.39. The molecule has 3 rings (SSSR count). The molecule has 4 heteroatoms. The van der Waals surface area contributed by atoms with Gasteiger partial charge in [0, 0.05) is 31.1 Å². The summed E-state index contributed by atoms with van der Waals surface area (Å²) in [6, 6.07) is 15.2. The third kappa shape index (κ3) is 4.47. The molecule has 2 aromatic rings. The highest BCUT2D eigenvalue weighted by Gasteiger charge is 2.34. The molecule has 0 amide bonds. The van der Waals surface area contributed by atoms with Crippen LogP contribution in [0.1, 0.15) is 22.0 Å². The maximum atomic E-state index is 11.4. The number of hydrogen-bond donors (Lipinski definition) is 0. The summed E-state index contributed by atoms with van der Waals surface area (Å²) in [4.78, 5) is 13.7. The van der Waals surface area contributed by atoms with Crippen LogP contribution in [0.2, 0.25) is 0 Å². The second-order valence-corrected chi connectivity index (χ2v) is 6.60. The molecule has 4 nitrogen and oxygen atoms in total. The quantitative estimate of drug-likeness (QED) is 0.492. The van der Waals surface area contributed by atoms with Gasteiger partial charge in [-0.3, -0.25) is 9.69 Å². The normalized spacial score (nSPS) is 18.3. The Hall–Kier alpha value is -2.85. The standard InChI is InChI=1S/C23H25NO3/c1-3-13-24(14-4-2)15-19-17-26-22-12-8-6-10-20(22)23(19)27-21-11-7-5-9-18(21)16-25/h3-12,16,19,23H,1-2,13-15,17H2/t19-,23-/m1/s1. The number of para-hydroxylation sites is 2. The van der Waals surface area contributed by atoms with Crippen LogP contribution in [0.4, 0.5) is 0 Å². The third-order valence-corrected chi connectivity index (χ3v) is 4.67. The predicted molar refractivity (Wildman–Crippen MR) is 107 cm³/mol. The van der Waals surface area contributed by atoms with Crippen molar-refractivity contribution < 1.29 is 14.3 Å². The van der Waals surface area contributed by atoms with E-state index in [1.54, 1.807) is 6.07 Å². The first kappa shape index (κ1) is 18.9. The largest absolute Gasteiger partial charge is 0.493 e. The molecular weight excluding hydrogens is 338 g/mol. The fourth-order valence-electron chi connectivity index (χ4n) is 3.44. The molecular formula is C23H25NO3. The SMILES string of the molecule is C=CCN(CC=C)C[C@@H]1COc2ccccc2[C@@H]1Oc1ccccc1C=O. The molecule has 0 saturated heterocycles. The van der Waals surface area contributed by atoms with E-state index in [0.717, 1.165) is 37.2 Å². The molecule has 0 radical (unpaired) electrons. The third-order valence-electron chi connectivity index (χ3n) is 4.67. The summed E-state index contributed by atoms with van der Waals surface area (Å²) < 4.78 is 12.4. The highest BCUT2D eigenvalue weighted by atomic mass is 16.5. The Morgan fingerprint density at radius 1 is 1.07 bits per heavy atom. The molecule has 0 aliphatic carbocycles. The lowest BCUT2D eigenvalue weighted by Crippen LogP contribution is -2.39. The summed E-state index contributed by atoms with van der Waals surface area (Å²) in [7, 11) is 0. The van der Waals surface area contributed by atoms with Gasteiger partial charge < -0.3 is 9.47 Å². The van der Waals surface area contributed by atoms with E-state index in [0.29, 0.717) is 17.9 Å². The Bertz CT molecular complexity index is 792. The van der Waals surface area contributed by atoms with Crippen molar-refractivity contribution >= 4 is 6.29 Å². The first-order valence-corrected chi connectivity index (χ1v) is 9.13. The van der Waals surface area contributed by atoms with E-state index in [-0.39, 0.29) is 12.0 Å². The molecule has 0 bridgehead atoms. The number of fused-ring (bicyclic) bond motifs is 1. The molecule has 0 N–H and O–H groups in total. The molecule has 2 aromatic carbocycles. The zero-order valence-electron chi connectivity index (χ0n) is 15.4. The van der Waals surface area contributed by atoms with Crippen molar-refractivity contribution in [2.45, 2.75) is 6.10 Å². The minimum atomic E-state index is -0.201. The minimum absolute atomic E-state index is 0.111. The van der Waals surface area contributed by atoms with Crippen LogP contribution in [0.25, 0.3) is 0 Å². The van der Waals surface area contributed by atoms with Gasteiger partial charge in [0.05, 0.1) is 12.2 Å². The molecule has 1 heterocycles. The number of rotatable bonds is 9. The van der Waals surface area contributed by atoms with Crippen molar-refractivity contribution in [3.05, 3.63) is 85.0 Å². The summed E-state index contributed by atoms with van der Waals surface area (Å²) in [5, 5.41) is 0. The highest BCUT2D eigenvalue weighted by molar-refractivity contribution is 5.79. The van der Waals surface area contributed by atoms with E-state index in [1.165, 1.54) is 0 Å². The number of carbonyl (C=O) groups excluding carboxylic acids is 1. The lowest BCUT2D eigenvalue weighted by atomic mass is 9.92. The summed E-state index contributed by atoms with van der Waals surface area (Å²) in [5.74, 6) is 1.54. The Morgan fingerprint density at radius 2 is 1.78 bits per heavy atom. The van der Waals surface area contributed by atoms with Gasteiger partial charge in [-0.2, -0.15) is 0 Å². The molecule has 0 fully saturated rings. The summed E-state index contributed by atoms with van der Waals surface area (Å²) in [5.41, 5.74) is 1.56. The van der Waals surface area contributed by atoms with Gasteiger partial charge in [0.1, 0.15) is 17.6 Å². The zero-order chi connectivity index (χ0) is 19.1. The van der Waals surface area contributed by atoms with Crippen LogP contribution in [-0.4, -0.2) is 37.4 Å². The Balaban J connectivity index is 1.91. The Labute approximate surface area is 160 Å². The van der Waals surface area contributed by atoms with Crippen LogP contribution < -0.4 is 9.47 Å². The summed E-state index contributed by atoms with van der Waals surface area (Å²) in [6.45, 7) is 10.5. The number of nitrogens with zero attached hydrogens (tertiary/aromatic N) is 1. The number of aldehydes is 1. The van der Waals surface area contributed by atoms with Crippen molar-refractivity contribution in [3.8, 4) is 11.5 Å². The van der Waals surface area contributed by atoms with E-state index in [1.807, 2.05) is 54.6 Å². The van der Waals surface area contributed by atoms with Gasteiger partial charge in [0.2, 0.25) is 0 Å². The number of carbonyl (C=O) groups is 1. The lowest BCUT2D eigenvalue weighted by Gasteiger charge is -2.36. The maximum Gasteiger partial charge on any atom is 0.153 e. The van der Waals surface area contributed by atoms with Gasteiger partial charge >= 0.3 is 0 Å². The van der Waals surface area contributed by atoms with Crippen molar-refractivity contribution in [1.29, 1.82) is 0 Å². The summed E-state index contributed by atoms with van der Waals surface area (Å²) >= 11 is 0. The van der Waals surface area contributed by atoms with Crippen molar-refractivity contribution in [2.75, 3.05) is 26.2 Å². The number of ether oxygens (including phenoxy) is 2. The fraction of sp³-hybridized carbons (Fsp3) is 0.261. The van der Waals surface area contributed by atoms with Crippen LogP contribution in [-0.2, 0) is 0 Å². The smallest absolute Gasteiger partial charge is 0.153 e. The van der Waals surface area contributed by atoms with E-state index in [2.05, 4.69) is 18.1 Å². The van der Waals surface area contributed by atoms with E-state index in [9.17, 15) is 4.79 Å². The monoisotopic (exact) mass is 363 g/mol.